The average molecular weight is 370 g/mol. The maximum Gasteiger partial charge on any atom is 0.138 e. The van der Waals surface area contributed by atoms with E-state index in [1.165, 1.54) is 7.27 Å². The zero-order valence-electron chi connectivity index (χ0n) is 5.46. The van der Waals surface area contributed by atoms with Gasteiger partial charge in [-0.15, -0.1) is 0 Å². The van der Waals surface area contributed by atoms with Gasteiger partial charge in [-0.05, 0) is 57.3 Å². The lowest BCUT2D eigenvalue weighted by molar-refractivity contribution is 1.09. The normalized spacial score (nSPS) is 10.7. The van der Waals surface area contributed by atoms with Crippen LogP contribution in [0, 0.1) is 7.27 Å². The van der Waals surface area contributed by atoms with Gasteiger partial charge in [0.05, 0.1) is 3.70 Å². The first kappa shape index (κ1) is 7.78. The third-order valence-corrected chi connectivity index (χ3v) is 2.88. The molecule has 0 saturated heterocycles. The lowest BCUT2D eigenvalue weighted by Gasteiger charge is -1.94. The van der Waals surface area contributed by atoms with Crippen molar-refractivity contribution < 1.29 is 0 Å². The molecule has 2 aromatic heterocycles. The molecule has 0 spiro atoms. The summed E-state index contributed by atoms with van der Waals surface area (Å²) in [6.07, 6.45) is 3.90. The van der Waals surface area contributed by atoms with Gasteiger partial charge in [0, 0.05) is 16.0 Å². The Balaban J connectivity index is 2.90. The first-order chi connectivity index (χ1) is 5.27. The molecule has 2 heterocycles. The Morgan fingerprint density at radius 3 is 2.91 bits per heavy atom. The van der Waals surface area contributed by atoms with Gasteiger partial charge < -0.3 is 0 Å². The molecule has 2 rings (SSSR count). The SMILES string of the molecule is Ic1cc2nccc(I)n2c1. The van der Waals surface area contributed by atoms with Crippen molar-refractivity contribution in [3.05, 3.63) is 31.8 Å². The van der Waals surface area contributed by atoms with Crippen molar-refractivity contribution in [3.8, 4) is 0 Å². The number of fused-ring (bicyclic) bond motifs is 1. The zero-order chi connectivity index (χ0) is 7.84. The van der Waals surface area contributed by atoms with E-state index in [4.69, 9.17) is 0 Å². The molecule has 0 aliphatic heterocycles. The van der Waals surface area contributed by atoms with E-state index < -0.39 is 0 Å². The molecule has 0 saturated carbocycles. The Bertz CT molecular complexity index is 394. The molecule has 56 valence electrons. The topological polar surface area (TPSA) is 17.3 Å². The summed E-state index contributed by atoms with van der Waals surface area (Å²) in [6.45, 7) is 0. The molecule has 2 nitrogen and oxygen atoms in total. The molecular formula is C7H4I2N2. The van der Waals surface area contributed by atoms with E-state index in [0.717, 1.165) is 5.65 Å². The van der Waals surface area contributed by atoms with Crippen LogP contribution < -0.4 is 0 Å². The quantitative estimate of drug-likeness (QED) is 0.515. The minimum absolute atomic E-state index is 1.02. The summed E-state index contributed by atoms with van der Waals surface area (Å²) < 4.78 is 4.48. The number of nitrogens with zero attached hydrogens (tertiary/aromatic N) is 2. The second kappa shape index (κ2) is 2.89. The first-order valence-corrected chi connectivity index (χ1v) is 5.21. The third kappa shape index (κ3) is 1.37. The predicted octanol–water partition coefficient (Wildman–Crippen LogP) is 2.54. The number of halogens is 2. The van der Waals surface area contributed by atoms with Crippen molar-refractivity contribution in [1.29, 1.82) is 0 Å². The van der Waals surface area contributed by atoms with Crippen molar-refractivity contribution in [2.24, 2.45) is 0 Å². The minimum Gasteiger partial charge on any atom is -0.295 e. The Hall–Kier alpha value is 0.150. The summed E-state index contributed by atoms with van der Waals surface area (Å²) >= 11 is 4.58. The summed E-state index contributed by atoms with van der Waals surface area (Å²) in [7, 11) is 0. The third-order valence-electron chi connectivity index (χ3n) is 1.42. The van der Waals surface area contributed by atoms with E-state index in [9.17, 15) is 0 Å². The number of hydrogen-bond donors (Lipinski definition) is 0. The van der Waals surface area contributed by atoms with Crippen LogP contribution in [0.15, 0.2) is 24.5 Å². The van der Waals surface area contributed by atoms with Crippen LogP contribution in [0.1, 0.15) is 0 Å². The molecule has 0 aliphatic rings. The first-order valence-electron chi connectivity index (χ1n) is 3.05. The second-order valence-electron chi connectivity index (χ2n) is 2.15. The molecule has 0 amide bonds. The molecule has 11 heavy (non-hydrogen) atoms. The Morgan fingerprint density at radius 2 is 2.18 bits per heavy atom. The van der Waals surface area contributed by atoms with E-state index >= 15 is 0 Å². The lowest BCUT2D eigenvalue weighted by atomic mass is 10.6. The van der Waals surface area contributed by atoms with Crippen LogP contribution in [0.3, 0.4) is 0 Å². The molecule has 2 aromatic rings. The van der Waals surface area contributed by atoms with E-state index in [1.807, 2.05) is 12.3 Å². The Morgan fingerprint density at radius 1 is 1.36 bits per heavy atom. The van der Waals surface area contributed by atoms with Crippen LogP contribution in [-0.4, -0.2) is 9.38 Å². The predicted molar refractivity (Wildman–Crippen MR) is 60.6 cm³/mol. The fourth-order valence-corrected chi connectivity index (χ4v) is 2.05. The van der Waals surface area contributed by atoms with Crippen LogP contribution in [0.4, 0.5) is 0 Å². The van der Waals surface area contributed by atoms with Crippen LogP contribution in [-0.2, 0) is 0 Å². The highest BCUT2D eigenvalue weighted by Crippen LogP contribution is 2.13. The molecule has 0 aromatic carbocycles. The van der Waals surface area contributed by atoms with E-state index in [0.29, 0.717) is 0 Å². The van der Waals surface area contributed by atoms with Crippen molar-refractivity contribution in [3.63, 3.8) is 0 Å². The summed E-state index contributed by atoms with van der Waals surface area (Å²) in [5.74, 6) is 0. The second-order valence-corrected chi connectivity index (χ2v) is 4.50. The van der Waals surface area contributed by atoms with Crippen molar-refractivity contribution >= 4 is 50.8 Å². The Labute approximate surface area is 91.3 Å². The van der Waals surface area contributed by atoms with Crippen LogP contribution in [0.2, 0.25) is 0 Å². The average Bonchev–Trinajstić information content (AvgIpc) is 2.31. The van der Waals surface area contributed by atoms with Gasteiger partial charge in [0.25, 0.3) is 0 Å². The fraction of sp³-hybridized carbons (Fsp3) is 0. The molecule has 0 aliphatic carbocycles. The molecular weight excluding hydrogens is 366 g/mol. The zero-order valence-corrected chi connectivity index (χ0v) is 9.77. The van der Waals surface area contributed by atoms with Gasteiger partial charge in [0.2, 0.25) is 0 Å². The summed E-state index contributed by atoms with van der Waals surface area (Å²) in [6, 6.07) is 4.05. The molecule has 0 N–H and O–H groups in total. The maximum atomic E-state index is 4.22. The summed E-state index contributed by atoms with van der Waals surface area (Å²) in [4.78, 5) is 4.22. The van der Waals surface area contributed by atoms with E-state index in [1.54, 1.807) is 0 Å². The lowest BCUT2D eigenvalue weighted by Crippen LogP contribution is -1.88. The minimum atomic E-state index is 1.02. The van der Waals surface area contributed by atoms with Crippen LogP contribution in [0.25, 0.3) is 5.65 Å². The van der Waals surface area contributed by atoms with Gasteiger partial charge in [-0.3, -0.25) is 4.40 Å². The van der Waals surface area contributed by atoms with Crippen molar-refractivity contribution in [1.82, 2.24) is 9.38 Å². The van der Waals surface area contributed by atoms with E-state index in [2.05, 4.69) is 66.8 Å². The van der Waals surface area contributed by atoms with Crippen LogP contribution in [0.5, 0.6) is 0 Å². The Kier molecular flexibility index (Phi) is 2.04. The number of rotatable bonds is 0. The highest BCUT2D eigenvalue weighted by atomic mass is 127. The fourth-order valence-electron chi connectivity index (χ4n) is 0.946. The van der Waals surface area contributed by atoms with Gasteiger partial charge in [0.1, 0.15) is 5.65 Å². The summed E-state index contributed by atoms with van der Waals surface area (Å²) in [5.41, 5.74) is 1.02. The standard InChI is InChI=1S/C7H4I2N2/c8-5-3-7-10-2-1-6(9)11(7)4-5/h1-4H. The van der Waals surface area contributed by atoms with Crippen molar-refractivity contribution in [2.45, 2.75) is 0 Å². The van der Waals surface area contributed by atoms with Crippen molar-refractivity contribution in [2.75, 3.05) is 0 Å². The maximum absolute atomic E-state index is 4.22. The molecule has 0 unspecified atom stereocenters. The monoisotopic (exact) mass is 370 g/mol. The highest BCUT2D eigenvalue weighted by molar-refractivity contribution is 14.1. The van der Waals surface area contributed by atoms with Gasteiger partial charge >= 0.3 is 0 Å². The largest absolute Gasteiger partial charge is 0.295 e. The molecule has 0 bridgehead atoms. The van der Waals surface area contributed by atoms with Crippen LogP contribution >= 0.6 is 45.2 Å². The number of aromatic nitrogens is 2. The molecule has 0 radical (unpaired) electrons. The van der Waals surface area contributed by atoms with Gasteiger partial charge in [-0.25, -0.2) is 4.98 Å². The summed E-state index contributed by atoms with van der Waals surface area (Å²) in [5, 5.41) is 0. The smallest absolute Gasteiger partial charge is 0.138 e. The molecule has 0 atom stereocenters. The van der Waals surface area contributed by atoms with Gasteiger partial charge in [-0.2, -0.15) is 0 Å². The molecule has 4 heteroatoms. The van der Waals surface area contributed by atoms with E-state index in [-0.39, 0.29) is 0 Å². The highest BCUT2D eigenvalue weighted by Gasteiger charge is 1.98. The molecule has 0 fully saturated rings. The van der Waals surface area contributed by atoms with Gasteiger partial charge in [0.15, 0.2) is 0 Å². The number of hydrogen-bond acceptors (Lipinski definition) is 1. The van der Waals surface area contributed by atoms with Gasteiger partial charge in [-0.1, -0.05) is 0 Å².